The number of carbonyl (C=O) groups excluding carboxylic acids is 2. The van der Waals surface area contributed by atoms with Gasteiger partial charge in [-0.15, -0.1) is 0 Å². The summed E-state index contributed by atoms with van der Waals surface area (Å²) in [4.78, 5) is 24.0. The Morgan fingerprint density at radius 1 is 1.18 bits per heavy atom. The minimum Gasteiger partial charge on any atom is -0.494 e. The summed E-state index contributed by atoms with van der Waals surface area (Å²) < 4.78 is 28.9. The van der Waals surface area contributed by atoms with Crippen LogP contribution in [0.3, 0.4) is 0 Å². The number of hydrogen-bond donors (Lipinski definition) is 1. The second-order valence-corrected chi connectivity index (χ2v) is 5.75. The van der Waals surface area contributed by atoms with Crippen molar-refractivity contribution in [3.05, 3.63) is 59.9 Å². The molecule has 0 bridgehead atoms. The van der Waals surface area contributed by atoms with Crippen molar-refractivity contribution < 1.29 is 28.2 Å². The third-order valence-corrected chi connectivity index (χ3v) is 3.68. The Kier molecular flexibility index (Phi) is 7.56. The maximum atomic E-state index is 13.6. The molecule has 6 nitrogen and oxygen atoms in total. The molecule has 2 rings (SSSR count). The molecule has 0 spiro atoms. The lowest BCUT2D eigenvalue weighted by Crippen LogP contribution is -2.29. The largest absolute Gasteiger partial charge is 0.494 e. The first-order valence-electron chi connectivity index (χ1n) is 8.69. The standard InChI is InChI=1S/C21H22FNO5/c1-4-27-17-9-7-16(8-10-17)23-21(25)14(2)28-20(24)12-6-15-5-11-19(26-3)18(22)13-15/h5-14H,4H2,1-3H3,(H,23,25)/b12-6+/t14-/m1/s1. The highest BCUT2D eigenvalue weighted by molar-refractivity contribution is 5.96. The molecule has 0 saturated carbocycles. The lowest BCUT2D eigenvalue weighted by molar-refractivity contribution is -0.148. The van der Waals surface area contributed by atoms with E-state index in [1.165, 1.54) is 32.2 Å². The summed E-state index contributed by atoms with van der Waals surface area (Å²) in [6.07, 6.45) is 1.51. The molecule has 0 aliphatic carbocycles. The Balaban J connectivity index is 1.88. The van der Waals surface area contributed by atoms with Crippen LogP contribution < -0.4 is 14.8 Å². The number of halogens is 1. The second kappa shape index (κ2) is 10.1. The van der Waals surface area contributed by atoms with Crippen molar-refractivity contribution in [1.82, 2.24) is 0 Å². The van der Waals surface area contributed by atoms with E-state index in [1.54, 1.807) is 30.3 Å². The molecule has 0 radical (unpaired) electrons. The van der Waals surface area contributed by atoms with Crippen LogP contribution in [0, 0.1) is 5.82 Å². The first-order chi connectivity index (χ1) is 13.4. The van der Waals surface area contributed by atoms with Gasteiger partial charge in [0, 0.05) is 11.8 Å². The number of rotatable bonds is 8. The van der Waals surface area contributed by atoms with Crippen LogP contribution in [0.1, 0.15) is 19.4 Å². The van der Waals surface area contributed by atoms with Gasteiger partial charge in [-0.1, -0.05) is 6.07 Å². The van der Waals surface area contributed by atoms with E-state index in [0.717, 1.165) is 6.08 Å². The Labute approximate surface area is 162 Å². The molecule has 1 N–H and O–H groups in total. The second-order valence-electron chi connectivity index (χ2n) is 5.75. The third kappa shape index (κ3) is 6.12. The van der Waals surface area contributed by atoms with Gasteiger partial charge in [-0.05, 0) is 61.9 Å². The van der Waals surface area contributed by atoms with Crippen LogP contribution in [0.5, 0.6) is 11.5 Å². The highest BCUT2D eigenvalue weighted by atomic mass is 19.1. The predicted molar refractivity (Wildman–Crippen MR) is 104 cm³/mol. The Morgan fingerprint density at radius 3 is 2.50 bits per heavy atom. The zero-order valence-electron chi connectivity index (χ0n) is 15.9. The summed E-state index contributed by atoms with van der Waals surface area (Å²) in [6, 6.07) is 11.1. The van der Waals surface area contributed by atoms with E-state index in [2.05, 4.69) is 5.32 Å². The minimum absolute atomic E-state index is 0.110. The average Bonchev–Trinajstić information content (AvgIpc) is 2.68. The molecule has 1 atom stereocenters. The average molecular weight is 387 g/mol. The van der Waals surface area contributed by atoms with E-state index < -0.39 is 23.8 Å². The summed E-state index contributed by atoms with van der Waals surface area (Å²) in [6.45, 7) is 3.89. The SMILES string of the molecule is CCOc1ccc(NC(=O)[C@@H](C)OC(=O)/C=C/c2ccc(OC)c(F)c2)cc1. The normalized spacial score (nSPS) is 11.7. The molecular formula is C21H22FNO5. The van der Waals surface area contributed by atoms with Gasteiger partial charge in [0.15, 0.2) is 17.7 Å². The molecule has 0 aromatic heterocycles. The van der Waals surface area contributed by atoms with E-state index in [9.17, 15) is 14.0 Å². The van der Waals surface area contributed by atoms with Crippen molar-refractivity contribution >= 4 is 23.6 Å². The van der Waals surface area contributed by atoms with Crippen molar-refractivity contribution in [3.8, 4) is 11.5 Å². The summed E-state index contributed by atoms with van der Waals surface area (Å²) in [5.41, 5.74) is 1.02. The first-order valence-corrected chi connectivity index (χ1v) is 8.69. The molecule has 0 heterocycles. The third-order valence-electron chi connectivity index (χ3n) is 3.68. The highest BCUT2D eigenvalue weighted by Crippen LogP contribution is 2.18. The number of nitrogens with one attached hydrogen (secondary N) is 1. The van der Waals surface area contributed by atoms with E-state index in [1.807, 2.05) is 6.92 Å². The molecule has 0 unspecified atom stereocenters. The molecule has 2 aromatic rings. The Hall–Kier alpha value is -3.35. The van der Waals surface area contributed by atoms with E-state index in [0.29, 0.717) is 23.6 Å². The summed E-state index contributed by atoms with van der Waals surface area (Å²) in [5.74, 6) is -0.924. The Morgan fingerprint density at radius 2 is 1.89 bits per heavy atom. The van der Waals surface area contributed by atoms with E-state index >= 15 is 0 Å². The number of benzene rings is 2. The molecule has 1 amide bonds. The van der Waals surface area contributed by atoms with Crippen LogP contribution >= 0.6 is 0 Å². The van der Waals surface area contributed by atoms with Crippen molar-refractivity contribution in [2.75, 3.05) is 19.0 Å². The van der Waals surface area contributed by atoms with Crippen molar-refractivity contribution in [1.29, 1.82) is 0 Å². The zero-order valence-corrected chi connectivity index (χ0v) is 15.9. The van der Waals surface area contributed by atoms with Gasteiger partial charge in [0.05, 0.1) is 13.7 Å². The predicted octanol–water partition coefficient (Wildman–Crippen LogP) is 3.82. The monoisotopic (exact) mass is 387 g/mol. The van der Waals surface area contributed by atoms with E-state index in [-0.39, 0.29) is 5.75 Å². The van der Waals surface area contributed by atoms with Crippen molar-refractivity contribution in [2.45, 2.75) is 20.0 Å². The molecule has 148 valence electrons. The smallest absolute Gasteiger partial charge is 0.331 e. The molecule has 0 saturated heterocycles. The molecule has 2 aromatic carbocycles. The van der Waals surface area contributed by atoms with Crippen molar-refractivity contribution in [3.63, 3.8) is 0 Å². The molecule has 0 aliphatic rings. The van der Waals surface area contributed by atoms with Crippen molar-refractivity contribution in [2.24, 2.45) is 0 Å². The highest BCUT2D eigenvalue weighted by Gasteiger charge is 2.16. The number of amides is 1. The van der Waals surface area contributed by atoms with Gasteiger partial charge < -0.3 is 19.5 Å². The fourth-order valence-electron chi connectivity index (χ4n) is 2.26. The first kappa shape index (κ1) is 21.0. The molecule has 0 fully saturated rings. The van der Waals surface area contributed by atoms with Crippen LogP contribution in [0.15, 0.2) is 48.5 Å². The summed E-state index contributed by atoms with van der Waals surface area (Å²) in [5, 5.41) is 2.65. The van der Waals surface area contributed by atoms with Gasteiger partial charge in [-0.25, -0.2) is 9.18 Å². The summed E-state index contributed by atoms with van der Waals surface area (Å²) in [7, 11) is 1.37. The topological polar surface area (TPSA) is 73.9 Å². The number of methoxy groups -OCH3 is 1. The van der Waals surface area contributed by atoms with Crippen LogP contribution in [-0.4, -0.2) is 31.7 Å². The van der Waals surface area contributed by atoms with Crippen LogP contribution in [0.4, 0.5) is 10.1 Å². The van der Waals surface area contributed by atoms with Gasteiger partial charge >= 0.3 is 5.97 Å². The fraction of sp³-hybridized carbons (Fsp3) is 0.238. The minimum atomic E-state index is -1.00. The number of anilines is 1. The van der Waals surface area contributed by atoms with Gasteiger partial charge in [0.1, 0.15) is 5.75 Å². The van der Waals surface area contributed by atoms with Crippen LogP contribution in [-0.2, 0) is 14.3 Å². The fourth-order valence-corrected chi connectivity index (χ4v) is 2.26. The summed E-state index contributed by atoms with van der Waals surface area (Å²) >= 11 is 0. The molecule has 0 aliphatic heterocycles. The van der Waals surface area contributed by atoms with Gasteiger partial charge in [0.25, 0.3) is 5.91 Å². The number of hydrogen-bond acceptors (Lipinski definition) is 5. The zero-order chi connectivity index (χ0) is 20.5. The van der Waals surface area contributed by atoms with Crippen LogP contribution in [0.25, 0.3) is 6.08 Å². The van der Waals surface area contributed by atoms with E-state index in [4.69, 9.17) is 14.2 Å². The van der Waals surface area contributed by atoms with Gasteiger partial charge in [-0.3, -0.25) is 4.79 Å². The molecular weight excluding hydrogens is 365 g/mol. The maximum Gasteiger partial charge on any atom is 0.331 e. The number of ether oxygens (including phenoxy) is 3. The quantitative estimate of drug-likeness (QED) is 0.551. The van der Waals surface area contributed by atoms with Crippen LogP contribution in [0.2, 0.25) is 0 Å². The Bertz CT molecular complexity index is 848. The number of carbonyl (C=O) groups is 2. The lowest BCUT2D eigenvalue weighted by Gasteiger charge is -2.12. The van der Waals surface area contributed by atoms with Gasteiger partial charge in [0.2, 0.25) is 0 Å². The molecule has 7 heteroatoms. The number of esters is 1. The van der Waals surface area contributed by atoms with Gasteiger partial charge in [-0.2, -0.15) is 0 Å². The molecule has 28 heavy (non-hydrogen) atoms. The maximum absolute atomic E-state index is 13.6. The lowest BCUT2D eigenvalue weighted by atomic mass is 10.2.